The molecule has 0 spiro atoms. The summed E-state index contributed by atoms with van der Waals surface area (Å²) in [5.41, 5.74) is 4.59. The Hall–Kier alpha value is -3.40. The van der Waals surface area contributed by atoms with Gasteiger partial charge in [-0.1, -0.05) is 42.0 Å². The third kappa shape index (κ3) is 3.02. The van der Waals surface area contributed by atoms with E-state index in [0.717, 1.165) is 22.2 Å². The molecule has 0 aliphatic rings. The first kappa shape index (κ1) is 15.1. The molecule has 0 saturated carbocycles. The maximum absolute atomic E-state index is 12.6. The van der Waals surface area contributed by atoms with E-state index in [1.165, 1.54) is 0 Å². The second-order valence-electron chi connectivity index (χ2n) is 5.86. The van der Waals surface area contributed by atoms with Crippen LogP contribution in [0.4, 0.5) is 5.69 Å². The standard InChI is InChI=1S/C21H16N2O2/c1-14-7-6-8-15(13-14)20(24)22-17-10-3-2-9-16(17)21-23-18-11-4-5-12-19(18)25-21/h2-13H,1H3,(H,22,24). The van der Waals surface area contributed by atoms with Crippen molar-refractivity contribution in [2.45, 2.75) is 6.92 Å². The van der Waals surface area contributed by atoms with Crippen LogP contribution >= 0.6 is 0 Å². The quantitative estimate of drug-likeness (QED) is 0.572. The number of oxazole rings is 1. The zero-order valence-corrected chi connectivity index (χ0v) is 13.7. The van der Waals surface area contributed by atoms with Gasteiger partial charge in [0.1, 0.15) is 5.52 Å². The van der Waals surface area contributed by atoms with E-state index in [1.54, 1.807) is 6.07 Å². The Morgan fingerprint density at radius 3 is 2.60 bits per heavy atom. The van der Waals surface area contributed by atoms with Gasteiger partial charge in [-0.3, -0.25) is 4.79 Å². The Kier molecular flexibility index (Phi) is 3.78. The van der Waals surface area contributed by atoms with Gasteiger partial charge >= 0.3 is 0 Å². The highest BCUT2D eigenvalue weighted by atomic mass is 16.3. The highest BCUT2D eigenvalue weighted by Gasteiger charge is 2.14. The fourth-order valence-electron chi connectivity index (χ4n) is 2.75. The fraction of sp³-hybridized carbons (Fsp3) is 0.0476. The summed E-state index contributed by atoms with van der Waals surface area (Å²) in [5, 5.41) is 2.96. The minimum Gasteiger partial charge on any atom is -0.436 e. The first-order valence-corrected chi connectivity index (χ1v) is 8.04. The van der Waals surface area contributed by atoms with E-state index >= 15 is 0 Å². The van der Waals surface area contributed by atoms with Gasteiger partial charge in [0.25, 0.3) is 5.91 Å². The molecule has 4 aromatic rings. The van der Waals surface area contributed by atoms with Crippen molar-refractivity contribution < 1.29 is 9.21 Å². The first-order chi connectivity index (χ1) is 12.2. The molecule has 3 aromatic carbocycles. The van der Waals surface area contributed by atoms with Crippen LogP contribution in [0, 0.1) is 6.92 Å². The van der Waals surface area contributed by atoms with Crippen molar-refractivity contribution in [2.24, 2.45) is 0 Å². The summed E-state index contributed by atoms with van der Waals surface area (Å²) in [6.45, 7) is 1.96. The number of rotatable bonds is 3. The molecule has 0 radical (unpaired) electrons. The van der Waals surface area contributed by atoms with Gasteiger partial charge < -0.3 is 9.73 Å². The first-order valence-electron chi connectivity index (χ1n) is 8.04. The second-order valence-corrected chi connectivity index (χ2v) is 5.86. The summed E-state index contributed by atoms with van der Waals surface area (Å²) < 4.78 is 5.84. The lowest BCUT2D eigenvalue weighted by atomic mass is 10.1. The molecule has 0 atom stereocenters. The molecule has 0 aliphatic heterocycles. The second kappa shape index (κ2) is 6.24. The highest BCUT2D eigenvalue weighted by molar-refractivity contribution is 6.06. The average Bonchev–Trinajstić information content (AvgIpc) is 3.06. The Morgan fingerprint density at radius 1 is 0.960 bits per heavy atom. The predicted octanol–water partition coefficient (Wildman–Crippen LogP) is 5.06. The minimum atomic E-state index is -0.160. The van der Waals surface area contributed by atoms with Gasteiger partial charge in [-0.25, -0.2) is 4.98 Å². The number of carbonyl (C=O) groups excluding carboxylic acids is 1. The van der Waals surface area contributed by atoms with E-state index in [0.29, 0.717) is 17.1 Å². The molecule has 122 valence electrons. The molecule has 0 aliphatic carbocycles. The molecule has 0 unspecified atom stereocenters. The maximum atomic E-state index is 12.6. The fourth-order valence-corrected chi connectivity index (χ4v) is 2.75. The van der Waals surface area contributed by atoms with Crippen molar-refractivity contribution in [3.8, 4) is 11.5 Å². The molecule has 25 heavy (non-hydrogen) atoms. The maximum Gasteiger partial charge on any atom is 0.255 e. The van der Waals surface area contributed by atoms with Crippen LogP contribution in [0.5, 0.6) is 0 Å². The predicted molar refractivity (Wildman–Crippen MR) is 98.6 cm³/mol. The summed E-state index contributed by atoms with van der Waals surface area (Å²) >= 11 is 0. The van der Waals surface area contributed by atoms with Crippen molar-refractivity contribution in [2.75, 3.05) is 5.32 Å². The summed E-state index contributed by atoms with van der Waals surface area (Å²) in [6.07, 6.45) is 0. The summed E-state index contributed by atoms with van der Waals surface area (Å²) in [5.74, 6) is 0.327. The third-order valence-corrected chi connectivity index (χ3v) is 3.98. The Bertz CT molecular complexity index is 1030. The lowest BCUT2D eigenvalue weighted by Gasteiger charge is -2.09. The lowest BCUT2D eigenvalue weighted by molar-refractivity contribution is 0.102. The molecule has 0 fully saturated rings. The minimum absolute atomic E-state index is 0.160. The SMILES string of the molecule is Cc1cccc(C(=O)Nc2ccccc2-c2nc3ccccc3o2)c1. The van der Waals surface area contributed by atoms with Gasteiger partial charge in [0.2, 0.25) is 5.89 Å². The number of fused-ring (bicyclic) bond motifs is 1. The zero-order chi connectivity index (χ0) is 17.2. The summed E-state index contributed by atoms with van der Waals surface area (Å²) in [6, 6.07) is 22.6. The van der Waals surface area contributed by atoms with Crippen LogP contribution in [-0.2, 0) is 0 Å². The number of nitrogens with zero attached hydrogens (tertiary/aromatic N) is 1. The summed E-state index contributed by atoms with van der Waals surface area (Å²) in [4.78, 5) is 17.1. The highest BCUT2D eigenvalue weighted by Crippen LogP contribution is 2.30. The van der Waals surface area contributed by atoms with Crippen LogP contribution in [0.15, 0.2) is 77.2 Å². The number of anilines is 1. The van der Waals surface area contributed by atoms with E-state index in [4.69, 9.17) is 4.42 Å². The molecule has 4 heteroatoms. The topological polar surface area (TPSA) is 55.1 Å². The largest absolute Gasteiger partial charge is 0.436 e. The smallest absolute Gasteiger partial charge is 0.255 e. The van der Waals surface area contributed by atoms with Crippen LogP contribution in [0.2, 0.25) is 0 Å². The van der Waals surface area contributed by atoms with Crippen LogP contribution in [-0.4, -0.2) is 10.9 Å². The average molecular weight is 328 g/mol. The molecule has 1 N–H and O–H groups in total. The van der Waals surface area contributed by atoms with E-state index in [2.05, 4.69) is 10.3 Å². The van der Waals surface area contributed by atoms with Crippen molar-refractivity contribution in [3.05, 3.63) is 83.9 Å². The zero-order valence-electron chi connectivity index (χ0n) is 13.7. The molecule has 4 nitrogen and oxygen atoms in total. The van der Waals surface area contributed by atoms with Crippen LogP contribution < -0.4 is 5.32 Å². The molecule has 1 amide bonds. The van der Waals surface area contributed by atoms with Gasteiger partial charge in [-0.2, -0.15) is 0 Å². The number of benzene rings is 3. The molecule has 1 aromatic heterocycles. The van der Waals surface area contributed by atoms with Crippen molar-refractivity contribution in [1.29, 1.82) is 0 Å². The Balaban J connectivity index is 1.70. The number of amides is 1. The molecular weight excluding hydrogens is 312 g/mol. The number of para-hydroxylation sites is 3. The van der Waals surface area contributed by atoms with E-state index < -0.39 is 0 Å². The van der Waals surface area contributed by atoms with Gasteiger partial charge in [-0.05, 0) is 43.3 Å². The van der Waals surface area contributed by atoms with E-state index in [1.807, 2.05) is 73.7 Å². The third-order valence-electron chi connectivity index (χ3n) is 3.98. The lowest BCUT2D eigenvalue weighted by Crippen LogP contribution is -2.12. The van der Waals surface area contributed by atoms with Crippen molar-refractivity contribution in [1.82, 2.24) is 4.98 Å². The molecule has 0 saturated heterocycles. The number of hydrogen-bond donors (Lipinski definition) is 1. The summed E-state index contributed by atoms with van der Waals surface area (Å²) in [7, 11) is 0. The van der Waals surface area contributed by atoms with Crippen molar-refractivity contribution >= 4 is 22.7 Å². The van der Waals surface area contributed by atoms with E-state index in [-0.39, 0.29) is 5.91 Å². The molecule has 1 heterocycles. The van der Waals surface area contributed by atoms with Gasteiger partial charge in [0.05, 0.1) is 11.3 Å². The normalized spacial score (nSPS) is 10.8. The monoisotopic (exact) mass is 328 g/mol. The number of hydrogen-bond acceptors (Lipinski definition) is 3. The Labute approximate surface area is 145 Å². The molecule has 0 bridgehead atoms. The van der Waals surface area contributed by atoms with Crippen LogP contribution in [0.3, 0.4) is 0 Å². The van der Waals surface area contributed by atoms with Gasteiger partial charge in [0, 0.05) is 5.56 Å². The molecular formula is C21H16N2O2. The van der Waals surface area contributed by atoms with Crippen molar-refractivity contribution in [3.63, 3.8) is 0 Å². The number of aromatic nitrogens is 1. The molecule has 4 rings (SSSR count). The van der Waals surface area contributed by atoms with Crippen LogP contribution in [0.1, 0.15) is 15.9 Å². The Morgan fingerprint density at radius 2 is 1.76 bits per heavy atom. The number of carbonyl (C=O) groups is 1. The van der Waals surface area contributed by atoms with E-state index in [9.17, 15) is 4.79 Å². The number of aryl methyl sites for hydroxylation is 1. The van der Waals surface area contributed by atoms with Gasteiger partial charge in [-0.15, -0.1) is 0 Å². The van der Waals surface area contributed by atoms with Crippen LogP contribution in [0.25, 0.3) is 22.6 Å². The van der Waals surface area contributed by atoms with Gasteiger partial charge in [0.15, 0.2) is 5.58 Å². The number of nitrogens with one attached hydrogen (secondary N) is 1.